The van der Waals surface area contributed by atoms with Gasteiger partial charge in [-0.3, -0.25) is 10.1 Å². The van der Waals surface area contributed by atoms with E-state index < -0.39 is 17.9 Å². The van der Waals surface area contributed by atoms with Gasteiger partial charge in [0.15, 0.2) is 5.13 Å². The number of carboxylic acids is 1. The number of amides is 2. The Kier molecular flexibility index (Phi) is 5.08. The summed E-state index contributed by atoms with van der Waals surface area (Å²) in [5, 5.41) is 16.4. The van der Waals surface area contributed by atoms with Crippen molar-refractivity contribution in [1.82, 2.24) is 10.3 Å². The largest absolute Gasteiger partial charge is 0.481 e. The minimum absolute atomic E-state index is 0.0371. The van der Waals surface area contributed by atoms with Crippen LogP contribution in [0, 0.1) is 18.8 Å². The number of thiazole rings is 1. The van der Waals surface area contributed by atoms with Gasteiger partial charge in [0.05, 0.1) is 11.6 Å². The summed E-state index contributed by atoms with van der Waals surface area (Å²) in [5.74, 6) is -1.53. The van der Waals surface area contributed by atoms with E-state index in [0.717, 1.165) is 5.69 Å². The predicted molar refractivity (Wildman–Crippen MR) is 69.8 cm³/mol. The molecule has 0 bridgehead atoms. The number of aryl methyl sites for hydroxylation is 1. The predicted octanol–water partition coefficient (Wildman–Crippen LogP) is 1.93. The lowest BCUT2D eigenvalue weighted by molar-refractivity contribution is -0.142. The number of aromatic nitrogens is 1. The number of anilines is 1. The molecule has 18 heavy (non-hydrogen) atoms. The molecule has 0 aromatic carbocycles. The SMILES string of the molecule is Cc1csc(NC(=O)NCC(C(=O)O)C(C)C)n1. The van der Waals surface area contributed by atoms with Crippen LogP contribution >= 0.6 is 11.3 Å². The van der Waals surface area contributed by atoms with Gasteiger partial charge in [0.25, 0.3) is 0 Å². The Morgan fingerprint density at radius 1 is 1.50 bits per heavy atom. The summed E-state index contributed by atoms with van der Waals surface area (Å²) in [7, 11) is 0. The molecule has 1 heterocycles. The van der Waals surface area contributed by atoms with Crippen LogP contribution < -0.4 is 10.6 Å². The van der Waals surface area contributed by atoms with Gasteiger partial charge in [0.1, 0.15) is 0 Å². The van der Waals surface area contributed by atoms with Crippen LogP contribution in [0.4, 0.5) is 9.93 Å². The van der Waals surface area contributed by atoms with E-state index in [1.165, 1.54) is 11.3 Å². The summed E-state index contributed by atoms with van der Waals surface area (Å²) in [5.41, 5.74) is 0.834. The zero-order valence-corrected chi connectivity index (χ0v) is 11.4. The highest BCUT2D eigenvalue weighted by molar-refractivity contribution is 7.13. The lowest BCUT2D eigenvalue weighted by Gasteiger charge is -2.16. The van der Waals surface area contributed by atoms with E-state index in [-0.39, 0.29) is 12.5 Å². The first kappa shape index (κ1) is 14.4. The molecule has 0 radical (unpaired) electrons. The zero-order valence-electron chi connectivity index (χ0n) is 10.6. The molecule has 1 unspecified atom stereocenters. The minimum Gasteiger partial charge on any atom is -0.481 e. The molecule has 1 aromatic heterocycles. The molecule has 0 saturated carbocycles. The summed E-state index contributed by atoms with van der Waals surface area (Å²) < 4.78 is 0. The molecule has 1 rings (SSSR count). The van der Waals surface area contributed by atoms with Gasteiger partial charge < -0.3 is 10.4 Å². The molecule has 1 atom stereocenters. The standard InChI is InChI=1S/C11H17N3O3S/c1-6(2)8(9(15)16)4-12-10(17)14-11-13-7(3)5-18-11/h5-6,8H,4H2,1-3H3,(H,15,16)(H2,12,13,14,17). The normalized spacial score (nSPS) is 12.2. The van der Waals surface area contributed by atoms with Gasteiger partial charge >= 0.3 is 12.0 Å². The monoisotopic (exact) mass is 271 g/mol. The maximum absolute atomic E-state index is 11.5. The van der Waals surface area contributed by atoms with Crippen LogP contribution in [0.5, 0.6) is 0 Å². The van der Waals surface area contributed by atoms with Gasteiger partial charge in [-0.1, -0.05) is 13.8 Å². The van der Waals surface area contributed by atoms with E-state index in [0.29, 0.717) is 5.13 Å². The average Bonchev–Trinajstić information content (AvgIpc) is 2.62. The lowest BCUT2D eigenvalue weighted by Crippen LogP contribution is -2.37. The van der Waals surface area contributed by atoms with Crippen LogP contribution in [-0.2, 0) is 4.79 Å². The molecule has 7 heteroatoms. The van der Waals surface area contributed by atoms with Crippen molar-refractivity contribution >= 4 is 28.5 Å². The lowest BCUT2D eigenvalue weighted by atomic mass is 9.96. The Labute approximate surface area is 109 Å². The number of carboxylic acid groups (broad SMARTS) is 1. The summed E-state index contributed by atoms with van der Waals surface area (Å²) in [4.78, 5) is 26.5. The number of rotatable bonds is 5. The molecule has 0 aliphatic rings. The Bertz CT molecular complexity index is 431. The third kappa shape index (κ3) is 4.33. The third-order valence-electron chi connectivity index (χ3n) is 2.44. The van der Waals surface area contributed by atoms with Crippen LogP contribution in [0.2, 0.25) is 0 Å². The molecule has 0 aliphatic carbocycles. The van der Waals surface area contributed by atoms with Crippen LogP contribution in [0.15, 0.2) is 5.38 Å². The second-order valence-electron chi connectivity index (χ2n) is 4.32. The molecule has 6 nitrogen and oxygen atoms in total. The van der Waals surface area contributed by atoms with Crippen LogP contribution in [0.25, 0.3) is 0 Å². The molecule has 0 saturated heterocycles. The third-order valence-corrected chi connectivity index (χ3v) is 3.32. The van der Waals surface area contributed by atoms with Gasteiger partial charge in [-0.15, -0.1) is 11.3 Å². The maximum atomic E-state index is 11.5. The highest BCUT2D eigenvalue weighted by Crippen LogP contribution is 2.14. The molecule has 1 aromatic rings. The number of hydrogen-bond acceptors (Lipinski definition) is 4. The van der Waals surface area contributed by atoms with E-state index in [9.17, 15) is 9.59 Å². The molecule has 0 fully saturated rings. The smallest absolute Gasteiger partial charge is 0.321 e. The molecule has 3 N–H and O–H groups in total. The van der Waals surface area contributed by atoms with Gasteiger partial charge in [-0.25, -0.2) is 9.78 Å². The van der Waals surface area contributed by atoms with Crippen molar-refractivity contribution < 1.29 is 14.7 Å². The van der Waals surface area contributed by atoms with Crippen molar-refractivity contribution in [3.05, 3.63) is 11.1 Å². The minimum atomic E-state index is -0.907. The van der Waals surface area contributed by atoms with E-state index in [4.69, 9.17) is 5.11 Å². The fourth-order valence-electron chi connectivity index (χ4n) is 1.36. The summed E-state index contributed by atoms with van der Waals surface area (Å²) in [6.07, 6.45) is 0. The van der Waals surface area contributed by atoms with Gasteiger partial charge in [-0.05, 0) is 12.8 Å². The van der Waals surface area contributed by atoms with Gasteiger partial charge in [0, 0.05) is 11.9 Å². The van der Waals surface area contributed by atoms with E-state index in [1.54, 1.807) is 0 Å². The van der Waals surface area contributed by atoms with Gasteiger partial charge in [-0.2, -0.15) is 0 Å². The Hall–Kier alpha value is -1.63. The quantitative estimate of drug-likeness (QED) is 0.763. The topological polar surface area (TPSA) is 91.3 Å². The average molecular weight is 271 g/mol. The fraction of sp³-hybridized carbons (Fsp3) is 0.545. The van der Waals surface area contributed by atoms with Crippen LogP contribution in [0.1, 0.15) is 19.5 Å². The number of carbonyl (C=O) groups excluding carboxylic acids is 1. The number of nitrogens with zero attached hydrogens (tertiary/aromatic N) is 1. The molecule has 0 aliphatic heterocycles. The summed E-state index contributed by atoms with van der Waals surface area (Å²) in [6.45, 7) is 5.55. The van der Waals surface area contributed by atoms with Crippen LogP contribution in [0.3, 0.4) is 0 Å². The van der Waals surface area contributed by atoms with Crippen molar-refractivity contribution in [1.29, 1.82) is 0 Å². The fourth-order valence-corrected chi connectivity index (χ4v) is 2.05. The number of hydrogen-bond donors (Lipinski definition) is 3. The second kappa shape index (κ2) is 6.34. The van der Waals surface area contributed by atoms with E-state index in [2.05, 4.69) is 15.6 Å². The van der Waals surface area contributed by atoms with E-state index >= 15 is 0 Å². The number of urea groups is 1. The first-order valence-electron chi connectivity index (χ1n) is 5.60. The Morgan fingerprint density at radius 3 is 2.61 bits per heavy atom. The first-order valence-corrected chi connectivity index (χ1v) is 6.48. The van der Waals surface area contributed by atoms with Crippen molar-refractivity contribution in [3.8, 4) is 0 Å². The van der Waals surface area contributed by atoms with Gasteiger partial charge in [0.2, 0.25) is 0 Å². The second-order valence-corrected chi connectivity index (χ2v) is 5.18. The van der Waals surface area contributed by atoms with Crippen LogP contribution in [-0.4, -0.2) is 28.6 Å². The molecular formula is C11H17N3O3S. The Balaban J connectivity index is 2.43. The number of aliphatic carboxylic acids is 1. The highest BCUT2D eigenvalue weighted by Gasteiger charge is 2.22. The zero-order chi connectivity index (χ0) is 13.7. The summed E-state index contributed by atoms with van der Waals surface area (Å²) in [6, 6.07) is -0.434. The van der Waals surface area contributed by atoms with Crippen molar-refractivity contribution in [2.24, 2.45) is 11.8 Å². The van der Waals surface area contributed by atoms with Crippen molar-refractivity contribution in [3.63, 3.8) is 0 Å². The number of nitrogens with one attached hydrogen (secondary N) is 2. The molecule has 0 spiro atoms. The van der Waals surface area contributed by atoms with E-state index in [1.807, 2.05) is 26.2 Å². The summed E-state index contributed by atoms with van der Waals surface area (Å²) >= 11 is 1.33. The molecular weight excluding hydrogens is 254 g/mol. The number of carbonyl (C=O) groups is 2. The molecule has 2 amide bonds. The first-order chi connectivity index (χ1) is 8.40. The Morgan fingerprint density at radius 2 is 2.17 bits per heavy atom. The highest BCUT2D eigenvalue weighted by atomic mass is 32.1. The molecule has 100 valence electrons. The van der Waals surface area contributed by atoms with Crippen molar-refractivity contribution in [2.45, 2.75) is 20.8 Å². The maximum Gasteiger partial charge on any atom is 0.321 e. The van der Waals surface area contributed by atoms with Crippen molar-refractivity contribution in [2.75, 3.05) is 11.9 Å².